The van der Waals surface area contributed by atoms with Crippen molar-refractivity contribution in [2.75, 3.05) is 0 Å². The number of aromatic nitrogens is 3. The fourth-order valence-electron chi connectivity index (χ4n) is 2.12. The van der Waals surface area contributed by atoms with Gasteiger partial charge in [-0.15, -0.1) is 10.2 Å². The average molecular weight is 236 g/mol. The predicted octanol–water partition coefficient (Wildman–Crippen LogP) is 2.49. The number of hydrogen-bond acceptors (Lipinski definition) is 3. The lowest BCUT2D eigenvalue weighted by molar-refractivity contribution is 0.391. The van der Waals surface area contributed by atoms with E-state index in [-0.39, 0.29) is 5.83 Å². The van der Waals surface area contributed by atoms with E-state index in [0.717, 1.165) is 17.3 Å². The Morgan fingerprint density at radius 1 is 1.35 bits per heavy atom. The Hall–Kier alpha value is -1.65. The van der Waals surface area contributed by atoms with Gasteiger partial charge in [-0.3, -0.25) is 4.57 Å². The molecule has 0 aliphatic carbocycles. The van der Waals surface area contributed by atoms with Crippen molar-refractivity contribution in [2.24, 2.45) is 0 Å². The van der Waals surface area contributed by atoms with Gasteiger partial charge >= 0.3 is 0 Å². The number of hydrogen-bond donors (Lipinski definition) is 1. The highest BCUT2D eigenvalue weighted by molar-refractivity contribution is 5.58. The van der Waals surface area contributed by atoms with Crippen LogP contribution in [0.3, 0.4) is 0 Å². The second-order valence-corrected chi connectivity index (χ2v) is 4.75. The van der Waals surface area contributed by atoms with Crippen molar-refractivity contribution in [3.8, 4) is 0 Å². The molecule has 1 N–H and O–H groups in total. The zero-order chi connectivity index (χ0) is 12.8. The number of aryl methyl sites for hydroxylation is 1. The molecule has 0 atom stereocenters. The molecule has 0 unspecified atom stereocenters. The molecule has 0 spiro atoms. The first-order chi connectivity index (χ1) is 7.88. The van der Waals surface area contributed by atoms with Crippen LogP contribution in [0.5, 0.6) is 0 Å². The standard InChI is InChI=1S/C12H17FN4/c1-6-9(13)10-7(2)17-8(3)15-16-11(17)12(4,5)14-10/h6,14H,1-5H3/b9-6+. The van der Waals surface area contributed by atoms with Crippen molar-refractivity contribution in [2.45, 2.75) is 40.2 Å². The van der Waals surface area contributed by atoms with Crippen LogP contribution in [0.4, 0.5) is 4.39 Å². The maximum atomic E-state index is 13.8. The Kier molecular flexibility index (Phi) is 2.56. The summed E-state index contributed by atoms with van der Waals surface area (Å²) in [6.07, 6.45) is 1.45. The van der Waals surface area contributed by atoms with Crippen LogP contribution in [0.2, 0.25) is 0 Å². The van der Waals surface area contributed by atoms with Gasteiger partial charge in [0, 0.05) is 5.70 Å². The first-order valence-electron chi connectivity index (χ1n) is 5.62. The Bertz CT molecular complexity index is 523. The Balaban J connectivity index is 2.70. The van der Waals surface area contributed by atoms with Gasteiger partial charge in [-0.25, -0.2) is 4.39 Å². The third-order valence-electron chi connectivity index (χ3n) is 3.01. The fraction of sp³-hybridized carbons (Fsp3) is 0.500. The summed E-state index contributed by atoms with van der Waals surface area (Å²) in [6, 6.07) is 0. The minimum atomic E-state index is -0.434. The van der Waals surface area contributed by atoms with Crippen molar-refractivity contribution >= 4 is 5.70 Å². The summed E-state index contributed by atoms with van der Waals surface area (Å²) in [4.78, 5) is 0. The summed E-state index contributed by atoms with van der Waals surface area (Å²) in [5.74, 6) is 1.32. The second-order valence-electron chi connectivity index (χ2n) is 4.75. The third-order valence-corrected chi connectivity index (χ3v) is 3.01. The van der Waals surface area contributed by atoms with Crippen LogP contribution in [-0.4, -0.2) is 14.8 Å². The smallest absolute Gasteiger partial charge is 0.162 e. The van der Waals surface area contributed by atoms with Gasteiger partial charge in [0.1, 0.15) is 11.7 Å². The van der Waals surface area contributed by atoms with E-state index in [0.29, 0.717) is 5.70 Å². The summed E-state index contributed by atoms with van der Waals surface area (Å²) in [7, 11) is 0. The van der Waals surface area contributed by atoms with E-state index in [1.54, 1.807) is 6.92 Å². The van der Waals surface area contributed by atoms with Crippen molar-refractivity contribution in [3.63, 3.8) is 0 Å². The highest BCUT2D eigenvalue weighted by Gasteiger charge is 2.35. The number of halogens is 1. The zero-order valence-corrected chi connectivity index (χ0v) is 10.8. The predicted molar refractivity (Wildman–Crippen MR) is 64.7 cm³/mol. The molecule has 0 bridgehead atoms. The molecule has 0 radical (unpaired) electrons. The molecule has 1 aliphatic rings. The van der Waals surface area contributed by atoms with Crippen LogP contribution in [0.1, 0.15) is 39.3 Å². The lowest BCUT2D eigenvalue weighted by Crippen LogP contribution is -2.42. The summed E-state index contributed by atoms with van der Waals surface area (Å²) < 4.78 is 15.7. The number of rotatable bonds is 1. The average Bonchev–Trinajstić information content (AvgIpc) is 2.66. The quantitative estimate of drug-likeness (QED) is 0.814. The van der Waals surface area contributed by atoms with Gasteiger partial charge in [0.25, 0.3) is 0 Å². The molecule has 0 fully saturated rings. The highest BCUT2D eigenvalue weighted by Crippen LogP contribution is 2.32. The van der Waals surface area contributed by atoms with Crippen LogP contribution in [0.25, 0.3) is 5.70 Å². The number of allylic oxidation sites excluding steroid dienone is 3. The number of nitrogens with zero attached hydrogens (tertiary/aromatic N) is 3. The molecule has 2 heterocycles. The van der Waals surface area contributed by atoms with Gasteiger partial charge in [0.05, 0.1) is 11.2 Å². The van der Waals surface area contributed by atoms with Crippen molar-refractivity contribution < 1.29 is 4.39 Å². The van der Waals surface area contributed by atoms with E-state index >= 15 is 0 Å². The van der Waals surface area contributed by atoms with Crippen LogP contribution in [-0.2, 0) is 5.54 Å². The molecule has 0 aromatic carbocycles. The molecule has 92 valence electrons. The van der Waals surface area contributed by atoms with Gasteiger partial charge in [-0.05, 0) is 40.7 Å². The fourth-order valence-corrected chi connectivity index (χ4v) is 2.12. The van der Waals surface area contributed by atoms with Crippen LogP contribution < -0.4 is 5.32 Å². The Labute approximate surface area is 100 Å². The highest BCUT2D eigenvalue weighted by atomic mass is 19.1. The summed E-state index contributed by atoms with van der Waals surface area (Å²) >= 11 is 0. The van der Waals surface area contributed by atoms with E-state index < -0.39 is 5.54 Å². The second kappa shape index (κ2) is 3.68. The molecule has 4 nitrogen and oxygen atoms in total. The van der Waals surface area contributed by atoms with E-state index in [9.17, 15) is 4.39 Å². The van der Waals surface area contributed by atoms with Gasteiger partial charge in [-0.2, -0.15) is 0 Å². The maximum absolute atomic E-state index is 13.8. The Morgan fingerprint density at radius 3 is 2.59 bits per heavy atom. The molecule has 2 rings (SSSR count). The Morgan fingerprint density at radius 2 is 2.00 bits per heavy atom. The minimum Gasteiger partial charge on any atom is -0.369 e. The SMILES string of the molecule is C/C=C(/F)C1=C(C)n2c(C)nnc2C(C)(C)N1. The molecular weight excluding hydrogens is 219 g/mol. The summed E-state index contributed by atoms with van der Waals surface area (Å²) in [5.41, 5.74) is 0.863. The molecule has 0 saturated heterocycles. The van der Waals surface area contributed by atoms with Gasteiger partial charge < -0.3 is 5.32 Å². The number of fused-ring (bicyclic) bond motifs is 1. The topological polar surface area (TPSA) is 42.7 Å². The molecule has 0 saturated carbocycles. The molecule has 1 aromatic rings. The largest absolute Gasteiger partial charge is 0.369 e. The van der Waals surface area contributed by atoms with Crippen molar-refractivity contribution in [1.82, 2.24) is 20.1 Å². The van der Waals surface area contributed by atoms with Crippen molar-refractivity contribution in [1.29, 1.82) is 0 Å². The monoisotopic (exact) mass is 236 g/mol. The molecule has 5 heteroatoms. The first-order valence-corrected chi connectivity index (χ1v) is 5.62. The van der Waals surface area contributed by atoms with Gasteiger partial charge in [0.2, 0.25) is 0 Å². The van der Waals surface area contributed by atoms with E-state index in [2.05, 4.69) is 15.5 Å². The molecular formula is C12H17FN4. The molecule has 0 amide bonds. The summed E-state index contributed by atoms with van der Waals surface area (Å²) in [5, 5.41) is 11.4. The molecule has 17 heavy (non-hydrogen) atoms. The van der Waals surface area contributed by atoms with Crippen LogP contribution in [0, 0.1) is 6.92 Å². The zero-order valence-electron chi connectivity index (χ0n) is 10.8. The van der Waals surface area contributed by atoms with E-state index in [1.165, 1.54) is 6.08 Å². The molecule has 1 aromatic heterocycles. The van der Waals surface area contributed by atoms with Crippen LogP contribution in [0.15, 0.2) is 17.6 Å². The maximum Gasteiger partial charge on any atom is 0.162 e. The number of nitrogens with one attached hydrogen (secondary N) is 1. The van der Waals surface area contributed by atoms with Gasteiger partial charge in [-0.1, -0.05) is 0 Å². The van der Waals surface area contributed by atoms with E-state index in [1.807, 2.05) is 32.3 Å². The molecule has 1 aliphatic heterocycles. The lowest BCUT2D eigenvalue weighted by Gasteiger charge is -2.34. The minimum absolute atomic E-state index is 0.255. The first kappa shape index (κ1) is 11.8. The van der Waals surface area contributed by atoms with Crippen LogP contribution >= 0.6 is 0 Å². The third kappa shape index (κ3) is 1.66. The normalized spacial score (nSPS) is 19.1. The summed E-state index contributed by atoms with van der Waals surface area (Å²) in [6.45, 7) is 9.33. The lowest BCUT2D eigenvalue weighted by atomic mass is 10.00. The van der Waals surface area contributed by atoms with Crippen molar-refractivity contribution in [3.05, 3.63) is 29.2 Å². The van der Waals surface area contributed by atoms with Gasteiger partial charge in [0.15, 0.2) is 5.82 Å². The van der Waals surface area contributed by atoms with E-state index in [4.69, 9.17) is 0 Å².